The zero-order valence-corrected chi connectivity index (χ0v) is 14.7. The van der Waals surface area contributed by atoms with E-state index in [4.69, 9.17) is 4.74 Å². The molecule has 0 radical (unpaired) electrons. The first-order chi connectivity index (χ1) is 13.2. The lowest BCUT2D eigenvalue weighted by Gasteiger charge is -2.33. The molecule has 4 rings (SSSR count). The maximum atomic E-state index is 13.2. The van der Waals surface area contributed by atoms with Crippen molar-refractivity contribution in [1.29, 1.82) is 0 Å². The van der Waals surface area contributed by atoms with Gasteiger partial charge < -0.3 is 15.4 Å². The van der Waals surface area contributed by atoms with E-state index in [0.717, 1.165) is 5.56 Å². The number of hydrogen-bond acceptors (Lipinski definition) is 6. The number of anilines is 2. The minimum absolute atomic E-state index is 0.230. The maximum absolute atomic E-state index is 13.2. The van der Waals surface area contributed by atoms with E-state index in [2.05, 4.69) is 32.3 Å². The van der Waals surface area contributed by atoms with Crippen LogP contribution in [0.1, 0.15) is 11.6 Å². The molecule has 1 aliphatic heterocycles. The van der Waals surface area contributed by atoms with Gasteiger partial charge in [0, 0.05) is 18.1 Å². The molecule has 2 aromatic heterocycles. The van der Waals surface area contributed by atoms with E-state index in [9.17, 15) is 4.79 Å². The van der Waals surface area contributed by atoms with Crippen LogP contribution in [0.3, 0.4) is 0 Å². The van der Waals surface area contributed by atoms with Crippen LogP contribution in [0.15, 0.2) is 67.4 Å². The molecule has 136 valence electrons. The normalized spacial score (nSPS) is 18.3. The number of fused-ring (bicyclic) bond motifs is 1. The number of para-hydroxylation sites is 2. The summed E-state index contributed by atoms with van der Waals surface area (Å²) in [5.74, 6) is 0.273. The molecule has 0 aliphatic carbocycles. The summed E-state index contributed by atoms with van der Waals surface area (Å²) in [5, 5.41) is 10.3. The lowest BCUT2D eigenvalue weighted by molar-refractivity contribution is -0.119. The third-order valence-corrected chi connectivity index (χ3v) is 4.47. The van der Waals surface area contributed by atoms with Crippen molar-refractivity contribution in [1.82, 2.24) is 19.7 Å². The molecular formula is C19H18N6O2. The van der Waals surface area contributed by atoms with Gasteiger partial charge in [0.1, 0.15) is 18.0 Å². The SMILES string of the molecule is C=C1Nc2ncnn2C(c2cccnc2)C1C(=O)Nc1ccccc1OC. The predicted molar refractivity (Wildman–Crippen MR) is 100 cm³/mol. The molecule has 1 amide bonds. The van der Waals surface area contributed by atoms with Crippen LogP contribution in [0, 0.1) is 5.92 Å². The Balaban J connectivity index is 1.73. The molecule has 27 heavy (non-hydrogen) atoms. The monoisotopic (exact) mass is 362 g/mol. The Morgan fingerprint density at radius 1 is 1.30 bits per heavy atom. The molecule has 1 aromatic carbocycles. The molecule has 0 saturated carbocycles. The van der Waals surface area contributed by atoms with Gasteiger partial charge in [0.05, 0.1) is 18.8 Å². The number of pyridine rings is 1. The zero-order chi connectivity index (χ0) is 18.8. The Bertz CT molecular complexity index is 985. The molecular weight excluding hydrogens is 344 g/mol. The summed E-state index contributed by atoms with van der Waals surface area (Å²) in [6.45, 7) is 4.05. The van der Waals surface area contributed by atoms with Gasteiger partial charge in [0.15, 0.2) is 0 Å². The van der Waals surface area contributed by atoms with Gasteiger partial charge in [-0.2, -0.15) is 10.1 Å². The van der Waals surface area contributed by atoms with E-state index in [1.165, 1.54) is 6.33 Å². The van der Waals surface area contributed by atoms with Crippen LogP contribution in [-0.2, 0) is 4.79 Å². The van der Waals surface area contributed by atoms with Crippen molar-refractivity contribution in [2.45, 2.75) is 6.04 Å². The largest absolute Gasteiger partial charge is 0.495 e. The first-order valence-electron chi connectivity index (χ1n) is 8.38. The van der Waals surface area contributed by atoms with E-state index < -0.39 is 12.0 Å². The summed E-state index contributed by atoms with van der Waals surface area (Å²) in [7, 11) is 1.56. The topological polar surface area (TPSA) is 94.0 Å². The number of nitrogens with zero attached hydrogens (tertiary/aromatic N) is 4. The summed E-state index contributed by atoms with van der Waals surface area (Å²) in [6, 6.07) is 10.6. The average molecular weight is 362 g/mol. The van der Waals surface area contributed by atoms with Gasteiger partial charge in [-0.3, -0.25) is 9.78 Å². The first-order valence-corrected chi connectivity index (χ1v) is 8.38. The van der Waals surface area contributed by atoms with Crippen LogP contribution in [0.2, 0.25) is 0 Å². The molecule has 1 aliphatic rings. The zero-order valence-electron chi connectivity index (χ0n) is 14.7. The fourth-order valence-electron chi connectivity index (χ4n) is 3.24. The van der Waals surface area contributed by atoms with Crippen molar-refractivity contribution in [3.05, 3.63) is 73.0 Å². The maximum Gasteiger partial charge on any atom is 0.236 e. The van der Waals surface area contributed by atoms with Crippen LogP contribution in [0.25, 0.3) is 0 Å². The number of rotatable bonds is 4. The van der Waals surface area contributed by atoms with Crippen LogP contribution >= 0.6 is 0 Å². The minimum atomic E-state index is -0.617. The van der Waals surface area contributed by atoms with Gasteiger partial charge in [-0.1, -0.05) is 24.8 Å². The van der Waals surface area contributed by atoms with Gasteiger partial charge in [-0.15, -0.1) is 0 Å². The van der Waals surface area contributed by atoms with Crippen LogP contribution in [-0.4, -0.2) is 32.8 Å². The van der Waals surface area contributed by atoms with Crippen LogP contribution < -0.4 is 15.4 Å². The molecule has 0 spiro atoms. The summed E-state index contributed by atoms with van der Waals surface area (Å²) < 4.78 is 7.00. The number of amides is 1. The number of ether oxygens (including phenoxy) is 1. The van der Waals surface area contributed by atoms with Gasteiger partial charge in [0.25, 0.3) is 0 Å². The third-order valence-electron chi connectivity index (χ3n) is 4.47. The van der Waals surface area contributed by atoms with Gasteiger partial charge in [-0.05, 0) is 23.8 Å². The Hall–Kier alpha value is -3.68. The predicted octanol–water partition coefficient (Wildman–Crippen LogP) is 2.47. The molecule has 2 unspecified atom stereocenters. The van der Waals surface area contributed by atoms with E-state index in [1.54, 1.807) is 36.3 Å². The van der Waals surface area contributed by atoms with Crippen molar-refractivity contribution < 1.29 is 9.53 Å². The molecule has 2 N–H and O–H groups in total. The number of methoxy groups -OCH3 is 1. The standard InChI is InChI=1S/C19H18N6O2/c1-12-16(18(26)24-14-7-3-4-8-15(14)27-2)17(13-6-5-9-20-10-13)25-19(23-12)21-11-22-25/h3-11,16-17H,1H2,2H3,(H,24,26)(H,21,22,23). The summed E-state index contributed by atoms with van der Waals surface area (Å²) in [6.07, 6.45) is 4.85. The van der Waals surface area contributed by atoms with E-state index >= 15 is 0 Å². The number of nitrogens with one attached hydrogen (secondary N) is 2. The highest BCUT2D eigenvalue weighted by Gasteiger charge is 2.39. The van der Waals surface area contributed by atoms with Crippen molar-refractivity contribution in [3.63, 3.8) is 0 Å². The fraction of sp³-hybridized carbons (Fsp3) is 0.158. The lowest BCUT2D eigenvalue weighted by atomic mass is 9.89. The fourth-order valence-corrected chi connectivity index (χ4v) is 3.24. The van der Waals surface area contributed by atoms with Crippen LogP contribution in [0.5, 0.6) is 5.75 Å². The highest BCUT2D eigenvalue weighted by Crippen LogP contribution is 2.37. The molecule has 2 atom stereocenters. The lowest BCUT2D eigenvalue weighted by Crippen LogP contribution is -2.39. The Labute approximate surface area is 155 Å². The molecule has 3 aromatic rings. The number of carbonyl (C=O) groups excluding carboxylic acids is 1. The Morgan fingerprint density at radius 2 is 2.15 bits per heavy atom. The number of benzene rings is 1. The minimum Gasteiger partial charge on any atom is -0.495 e. The van der Waals surface area contributed by atoms with E-state index in [-0.39, 0.29) is 5.91 Å². The Morgan fingerprint density at radius 3 is 2.93 bits per heavy atom. The van der Waals surface area contributed by atoms with Gasteiger partial charge in [-0.25, -0.2) is 4.68 Å². The second-order valence-corrected chi connectivity index (χ2v) is 6.08. The number of aromatic nitrogens is 4. The van der Waals surface area contributed by atoms with Crippen molar-refractivity contribution in [3.8, 4) is 5.75 Å². The second kappa shape index (κ2) is 6.91. The summed E-state index contributed by atoms with van der Waals surface area (Å²) in [5.41, 5.74) is 1.97. The van der Waals surface area contributed by atoms with Gasteiger partial charge >= 0.3 is 0 Å². The number of carbonyl (C=O) groups is 1. The van der Waals surface area contributed by atoms with Crippen LogP contribution in [0.4, 0.5) is 11.6 Å². The highest BCUT2D eigenvalue weighted by molar-refractivity contribution is 5.96. The Kier molecular flexibility index (Phi) is 4.29. The van der Waals surface area contributed by atoms with E-state index in [1.807, 2.05) is 24.3 Å². The summed E-state index contributed by atoms with van der Waals surface area (Å²) >= 11 is 0. The first kappa shape index (κ1) is 16.8. The molecule has 0 bridgehead atoms. The van der Waals surface area contributed by atoms with Crippen molar-refractivity contribution in [2.24, 2.45) is 5.92 Å². The highest BCUT2D eigenvalue weighted by atomic mass is 16.5. The summed E-state index contributed by atoms with van der Waals surface area (Å²) in [4.78, 5) is 21.6. The van der Waals surface area contributed by atoms with E-state index in [0.29, 0.717) is 23.1 Å². The molecule has 0 fully saturated rings. The number of hydrogen-bond donors (Lipinski definition) is 2. The molecule has 3 heterocycles. The van der Waals surface area contributed by atoms with Crippen molar-refractivity contribution in [2.75, 3.05) is 17.7 Å². The molecule has 8 nitrogen and oxygen atoms in total. The third kappa shape index (κ3) is 3.01. The average Bonchev–Trinajstić information content (AvgIpc) is 3.15. The molecule has 8 heteroatoms. The quantitative estimate of drug-likeness (QED) is 0.740. The van der Waals surface area contributed by atoms with Crippen molar-refractivity contribution >= 4 is 17.5 Å². The molecule has 0 saturated heterocycles. The second-order valence-electron chi connectivity index (χ2n) is 6.08. The van der Waals surface area contributed by atoms with Gasteiger partial charge in [0.2, 0.25) is 11.9 Å². The smallest absolute Gasteiger partial charge is 0.236 e.